The van der Waals surface area contributed by atoms with E-state index in [9.17, 15) is 0 Å². The smallest absolute Gasteiger partial charge is 0.0550 e. The fraction of sp³-hybridized carbons (Fsp3) is 1.00. The van der Waals surface area contributed by atoms with Crippen molar-refractivity contribution >= 4 is 11.8 Å². The number of aliphatic hydroxyl groups excluding tert-OH is 2. The van der Waals surface area contributed by atoms with Crippen LogP contribution in [0, 0.1) is 0 Å². The SMILES string of the molecule is NCCCC(CO)SC(CO)CCCN. The lowest BCUT2D eigenvalue weighted by Crippen LogP contribution is -2.19. The summed E-state index contributed by atoms with van der Waals surface area (Å²) < 4.78 is 0. The van der Waals surface area contributed by atoms with Gasteiger partial charge in [0.25, 0.3) is 0 Å². The van der Waals surface area contributed by atoms with E-state index in [2.05, 4.69) is 0 Å². The average Bonchev–Trinajstić information content (AvgIpc) is 2.28. The summed E-state index contributed by atoms with van der Waals surface area (Å²) in [7, 11) is 0. The van der Waals surface area contributed by atoms with Crippen molar-refractivity contribution in [1.82, 2.24) is 0 Å². The molecule has 0 rings (SSSR count). The van der Waals surface area contributed by atoms with Crippen molar-refractivity contribution < 1.29 is 10.2 Å². The molecule has 0 aromatic heterocycles. The molecule has 15 heavy (non-hydrogen) atoms. The molecule has 0 aliphatic heterocycles. The summed E-state index contributed by atoms with van der Waals surface area (Å²) in [6, 6.07) is 0. The molecular weight excluding hydrogens is 212 g/mol. The maximum absolute atomic E-state index is 9.15. The van der Waals surface area contributed by atoms with Crippen LogP contribution in [0.3, 0.4) is 0 Å². The van der Waals surface area contributed by atoms with Gasteiger partial charge in [0.1, 0.15) is 0 Å². The molecule has 0 fully saturated rings. The molecular formula is C10H24N2O2S. The Morgan fingerprint density at radius 1 is 0.867 bits per heavy atom. The molecule has 0 bridgehead atoms. The lowest BCUT2D eigenvalue weighted by atomic mass is 10.2. The van der Waals surface area contributed by atoms with Crippen LogP contribution >= 0.6 is 11.8 Å². The van der Waals surface area contributed by atoms with Crippen LogP contribution in [0.5, 0.6) is 0 Å². The molecule has 0 radical (unpaired) electrons. The third kappa shape index (κ3) is 8.04. The van der Waals surface area contributed by atoms with E-state index in [1.54, 1.807) is 11.8 Å². The van der Waals surface area contributed by atoms with E-state index in [4.69, 9.17) is 21.7 Å². The molecule has 2 unspecified atom stereocenters. The molecule has 0 heterocycles. The summed E-state index contributed by atoms with van der Waals surface area (Å²) in [5.74, 6) is 0. The molecule has 0 amide bonds. The van der Waals surface area contributed by atoms with Crippen LogP contribution < -0.4 is 11.5 Å². The molecule has 4 nitrogen and oxygen atoms in total. The Kier molecular flexibility index (Phi) is 10.8. The normalized spacial score (nSPS) is 15.2. The topological polar surface area (TPSA) is 92.5 Å². The largest absolute Gasteiger partial charge is 0.395 e. The van der Waals surface area contributed by atoms with Crippen LogP contribution in [0.15, 0.2) is 0 Å². The highest BCUT2D eigenvalue weighted by Gasteiger charge is 2.15. The number of nitrogens with two attached hydrogens (primary N) is 2. The van der Waals surface area contributed by atoms with Gasteiger partial charge in [0, 0.05) is 10.5 Å². The molecule has 2 atom stereocenters. The zero-order valence-electron chi connectivity index (χ0n) is 9.27. The van der Waals surface area contributed by atoms with Crippen molar-refractivity contribution in [2.45, 2.75) is 36.2 Å². The van der Waals surface area contributed by atoms with Gasteiger partial charge >= 0.3 is 0 Å². The maximum atomic E-state index is 9.15. The van der Waals surface area contributed by atoms with Crippen molar-refractivity contribution in [3.05, 3.63) is 0 Å². The Balaban J connectivity index is 3.77. The van der Waals surface area contributed by atoms with Crippen LogP contribution in [-0.4, -0.2) is 47.0 Å². The minimum atomic E-state index is 0.157. The Bertz CT molecular complexity index is 125. The first-order valence-electron chi connectivity index (χ1n) is 5.55. The molecule has 5 heteroatoms. The van der Waals surface area contributed by atoms with E-state index < -0.39 is 0 Å². The number of hydrogen-bond acceptors (Lipinski definition) is 5. The Morgan fingerprint density at radius 3 is 1.53 bits per heavy atom. The van der Waals surface area contributed by atoms with Crippen molar-refractivity contribution in [3.8, 4) is 0 Å². The van der Waals surface area contributed by atoms with Crippen LogP contribution in [0.4, 0.5) is 0 Å². The lowest BCUT2D eigenvalue weighted by molar-refractivity contribution is 0.280. The molecule has 0 aromatic rings. The molecule has 6 N–H and O–H groups in total. The summed E-state index contributed by atoms with van der Waals surface area (Å²) in [5.41, 5.74) is 10.8. The van der Waals surface area contributed by atoms with E-state index in [0.717, 1.165) is 25.7 Å². The Hall–Kier alpha value is 0.190. The first-order chi connectivity index (χ1) is 7.28. The molecule has 0 aliphatic carbocycles. The average molecular weight is 236 g/mol. The van der Waals surface area contributed by atoms with Crippen molar-refractivity contribution in [3.63, 3.8) is 0 Å². The predicted molar refractivity (Wildman–Crippen MR) is 65.9 cm³/mol. The first-order valence-corrected chi connectivity index (χ1v) is 6.50. The van der Waals surface area contributed by atoms with Gasteiger partial charge in [0.15, 0.2) is 0 Å². The first kappa shape index (κ1) is 15.2. The zero-order valence-corrected chi connectivity index (χ0v) is 10.1. The highest BCUT2D eigenvalue weighted by Crippen LogP contribution is 2.24. The van der Waals surface area contributed by atoms with E-state index in [0.29, 0.717) is 13.1 Å². The van der Waals surface area contributed by atoms with Gasteiger partial charge in [0.05, 0.1) is 13.2 Å². The molecule has 0 saturated carbocycles. The molecule has 0 aliphatic rings. The zero-order chi connectivity index (χ0) is 11.5. The summed E-state index contributed by atoms with van der Waals surface area (Å²) in [4.78, 5) is 0. The highest BCUT2D eigenvalue weighted by molar-refractivity contribution is 8.00. The van der Waals surface area contributed by atoms with Gasteiger partial charge in [-0.1, -0.05) is 0 Å². The van der Waals surface area contributed by atoms with Gasteiger partial charge in [-0.3, -0.25) is 0 Å². The van der Waals surface area contributed by atoms with Crippen LogP contribution in [0.1, 0.15) is 25.7 Å². The third-order valence-electron chi connectivity index (χ3n) is 2.25. The number of hydrogen-bond donors (Lipinski definition) is 4. The number of thioether (sulfide) groups is 1. The van der Waals surface area contributed by atoms with Crippen molar-refractivity contribution in [1.29, 1.82) is 0 Å². The van der Waals surface area contributed by atoms with Crippen LogP contribution in [-0.2, 0) is 0 Å². The summed E-state index contributed by atoms with van der Waals surface area (Å²) in [6.45, 7) is 1.63. The summed E-state index contributed by atoms with van der Waals surface area (Å²) in [6.07, 6.45) is 3.67. The highest BCUT2D eigenvalue weighted by atomic mass is 32.2. The quantitative estimate of drug-likeness (QED) is 0.426. The fourth-order valence-electron chi connectivity index (χ4n) is 1.37. The maximum Gasteiger partial charge on any atom is 0.0550 e. The minimum absolute atomic E-state index is 0.157. The second kappa shape index (κ2) is 10.7. The third-order valence-corrected chi connectivity index (χ3v) is 3.79. The molecule has 92 valence electrons. The number of aliphatic hydroxyl groups is 2. The van der Waals surface area contributed by atoms with Crippen molar-refractivity contribution in [2.24, 2.45) is 11.5 Å². The Morgan fingerprint density at radius 2 is 1.27 bits per heavy atom. The second-order valence-corrected chi connectivity index (χ2v) is 5.21. The van der Waals surface area contributed by atoms with Crippen LogP contribution in [0.25, 0.3) is 0 Å². The van der Waals surface area contributed by atoms with E-state index >= 15 is 0 Å². The van der Waals surface area contributed by atoms with E-state index in [-0.39, 0.29) is 23.7 Å². The van der Waals surface area contributed by atoms with Crippen molar-refractivity contribution in [2.75, 3.05) is 26.3 Å². The lowest BCUT2D eigenvalue weighted by Gasteiger charge is -2.20. The standard InChI is InChI=1S/C10H24N2O2S/c11-5-1-3-9(7-13)15-10(8-14)4-2-6-12/h9-10,13-14H,1-8,11-12H2. The van der Waals surface area contributed by atoms with Gasteiger partial charge in [-0.25, -0.2) is 0 Å². The number of rotatable bonds is 10. The van der Waals surface area contributed by atoms with Gasteiger partial charge in [0.2, 0.25) is 0 Å². The van der Waals surface area contributed by atoms with E-state index in [1.165, 1.54) is 0 Å². The van der Waals surface area contributed by atoms with E-state index in [1.807, 2.05) is 0 Å². The van der Waals surface area contributed by atoms with Gasteiger partial charge < -0.3 is 21.7 Å². The molecule has 0 saturated heterocycles. The fourth-order valence-corrected chi connectivity index (χ4v) is 2.69. The minimum Gasteiger partial charge on any atom is -0.395 e. The summed E-state index contributed by atoms with van der Waals surface area (Å²) >= 11 is 1.66. The van der Waals surface area contributed by atoms with Crippen LogP contribution in [0.2, 0.25) is 0 Å². The predicted octanol–water partition coefficient (Wildman–Crippen LogP) is -0.0808. The van der Waals surface area contributed by atoms with Gasteiger partial charge in [-0.2, -0.15) is 11.8 Å². The monoisotopic (exact) mass is 236 g/mol. The Labute approximate surface area is 96.4 Å². The second-order valence-electron chi connectivity index (χ2n) is 3.61. The molecule has 0 aromatic carbocycles. The summed E-state index contributed by atoms with van der Waals surface area (Å²) in [5, 5.41) is 18.7. The molecule has 0 spiro atoms. The van der Waals surface area contributed by atoms with Gasteiger partial charge in [-0.15, -0.1) is 0 Å². The van der Waals surface area contributed by atoms with Gasteiger partial charge in [-0.05, 0) is 38.8 Å².